The quantitative estimate of drug-likeness (QED) is 0.890. The summed E-state index contributed by atoms with van der Waals surface area (Å²) in [5.74, 6) is 0.295. The lowest BCUT2D eigenvalue weighted by Crippen LogP contribution is -2.51. The monoisotopic (exact) mass is 331 g/mol. The van der Waals surface area contributed by atoms with E-state index in [4.69, 9.17) is 4.74 Å². The van der Waals surface area contributed by atoms with Gasteiger partial charge in [0.1, 0.15) is 0 Å². The van der Waals surface area contributed by atoms with Crippen molar-refractivity contribution in [3.63, 3.8) is 0 Å². The summed E-state index contributed by atoms with van der Waals surface area (Å²) < 4.78 is 5.36. The Balaban J connectivity index is 1.55. The molecule has 1 aromatic rings. The van der Waals surface area contributed by atoms with Crippen LogP contribution in [0.5, 0.6) is 0 Å². The van der Waals surface area contributed by atoms with E-state index in [1.807, 2.05) is 43.0 Å². The molecule has 2 unspecified atom stereocenters. The fourth-order valence-corrected chi connectivity index (χ4v) is 2.83. The van der Waals surface area contributed by atoms with E-state index in [-0.39, 0.29) is 29.9 Å². The van der Waals surface area contributed by atoms with Gasteiger partial charge in [-0.05, 0) is 44.4 Å². The molecular weight excluding hydrogens is 306 g/mol. The molecule has 2 fully saturated rings. The molecule has 6 heteroatoms. The molecule has 0 spiro atoms. The molecule has 1 aliphatic heterocycles. The third-order valence-electron chi connectivity index (χ3n) is 4.59. The zero-order chi connectivity index (χ0) is 17.1. The van der Waals surface area contributed by atoms with Crippen molar-refractivity contribution in [3.05, 3.63) is 29.8 Å². The summed E-state index contributed by atoms with van der Waals surface area (Å²) in [6.07, 6.45) is 1.99. The van der Waals surface area contributed by atoms with Gasteiger partial charge in [0.25, 0.3) is 0 Å². The third kappa shape index (κ3) is 4.06. The number of urea groups is 1. The first-order valence-corrected chi connectivity index (χ1v) is 8.60. The average molecular weight is 331 g/mol. The zero-order valence-electron chi connectivity index (χ0n) is 14.2. The number of hydrogen-bond acceptors (Lipinski definition) is 3. The lowest BCUT2D eigenvalue weighted by Gasteiger charge is -2.34. The van der Waals surface area contributed by atoms with Gasteiger partial charge in [0.15, 0.2) is 0 Å². The van der Waals surface area contributed by atoms with Gasteiger partial charge in [-0.3, -0.25) is 4.79 Å². The van der Waals surface area contributed by atoms with Crippen LogP contribution in [-0.2, 0) is 9.53 Å². The predicted molar refractivity (Wildman–Crippen MR) is 91.7 cm³/mol. The van der Waals surface area contributed by atoms with Crippen molar-refractivity contribution >= 4 is 17.6 Å². The Labute approximate surface area is 142 Å². The topological polar surface area (TPSA) is 70.7 Å². The van der Waals surface area contributed by atoms with Gasteiger partial charge in [-0.2, -0.15) is 0 Å². The fraction of sp³-hybridized carbons (Fsp3) is 0.556. The highest BCUT2D eigenvalue weighted by Crippen LogP contribution is 2.30. The first-order valence-electron chi connectivity index (χ1n) is 8.60. The zero-order valence-corrected chi connectivity index (χ0v) is 14.2. The molecule has 0 bridgehead atoms. The van der Waals surface area contributed by atoms with Crippen LogP contribution in [0.1, 0.15) is 38.3 Å². The highest BCUT2D eigenvalue weighted by atomic mass is 16.5. The summed E-state index contributed by atoms with van der Waals surface area (Å²) in [5, 5.41) is 5.95. The van der Waals surface area contributed by atoms with Crippen molar-refractivity contribution in [2.75, 3.05) is 25.1 Å². The van der Waals surface area contributed by atoms with Gasteiger partial charge >= 0.3 is 6.03 Å². The maximum absolute atomic E-state index is 12.4. The molecule has 1 aromatic carbocycles. The molecule has 2 aliphatic rings. The second-order valence-corrected chi connectivity index (χ2v) is 6.67. The second-order valence-electron chi connectivity index (χ2n) is 6.67. The number of carbonyl (C=O) groups excluding carboxylic acids is 2. The Bertz CT molecular complexity index is 598. The molecule has 2 atom stereocenters. The Morgan fingerprint density at radius 3 is 2.58 bits per heavy atom. The van der Waals surface area contributed by atoms with E-state index in [1.165, 1.54) is 0 Å². The maximum atomic E-state index is 12.4. The lowest BCUT2D eigenvalue weighted by atomic mass is 10.1. The highest BCUT2D eigenvalue weighted by Gasteiger charge is 2.29. The molecule has 1 aliphatic carbocycles. The van der Waals surface area contributed by atoms with Crippen LogP contribution >= 0.6 is 0 Å². The molecule has 1 saturated heterocycles. The van der Waals surface area contributed by atoms with Crippen molar-refractivity contribution in [2.24, 2.45) is 5.92 Å². The molecule has 130 valence electrons. The molecular formula is C18H25N3O3. The summed E-state index contributed by atoms with van der Waals surface area (Å²) in [7, 11) is 0. The molecule has 2 N–H and O–H groups in total. The lowest BCUT2D eigenvalue weighted by molar-refractivity contribution is -0.117. The van der Waals surface area contributed by atoms with E-state index in [1.54, 1.807) is 0 Å². The van der Waals surface area contributed by atoms with Crippen LogP contribution in [0.3, 0.4) is 0 Å². The largest absolute Gasteiger partial charge is 0.377 e. The number of morpholine rings is 1. The van der Waals surface area contributed by atoms with Crippen LogP contribution in [0, 0.1) is 5.92 Å². The van der Waals surface area contributed by atoms with Gasteiger partial charge < -0.3 is 20.3 Å². The molecule has 3 amide bonds. The number of carbonyl (C=O) groups is 2. The van der Waals surface area contributed by atoms with Crippen molar-refractivity contribution in [3.8, 4) is 0 Å². The normalized spacial score (nSPS) is 21.9. The van der Waals surface area contributed by atoms with E-state index in [0.29, 0.717) is 19.8 Å². The number of ether oxygens (including phenoxy) is 1. The first kappa shape index (κ1) is 16.8. The van der Waals surface area contributed by atoms with Gasteiger partial charge in [-0.15, -0.1) is 0 Å². The molecule has 6 nitrogen and oxygen atoms in total. The van der Waals surface area contributed by atoms with Gasteiger partial charge in [0.05, 0.1) is 25.3 Å². The minimum absolute atomic E-state index is 0.0654. The van der Waals surface area contributed by atoms with Gasteiger partial charge in [-0.1, -0.05) is 12.1 Å². The summed E-state index contributed by atoms with van der Waals surface area (Å²) in [6, 6.07) is 7.58. The van der Waals surface area contributed by atoms with Crippen LogP contribution in [0.25, 0.3) is 0 Å². The SMILES string of the molecule is CC(NC(=O)N1CCOCC1C)c1ccc(NC(=O)C2CC2)cc1. The summed E-state index contributed by atoms with van der Waals surface area (Å²) in [5.41, 5.74) is 1.81. The minimum atomic E-state index is -0.0965. The summed E-state index contributed by atoms with van der Waals surface area (Å²) >= 11 is 0. The highest BCUT2D eigenvalue weighted by molar-refractivity contribution is 5.94. The standard InChI is InChI=1S/C18H25N3O3/c1-12-11-24-10-9-21(12)18(23)19-13(2)14-5-7-16(8-6-14)20-17(22)15-3-4-15/h5-8,12-13,15H,3-4,9-11H2,1-2H3,(H,19,23)(H,20,22). The van der Waals surface area contributed by atoms with Crippen LogP contribution in [0.4, 0.5) is 10.5 Å². The third-order valence-corrected chi connectivity index (χ3v) is 4.59. The van der Waals surface area contributed by atoms with Crippen molar-refractivity contribution in [1.82, 2.24) is 10.2 Å². The number of anilines is 1. The van der Waals surface area contributed by atoms with E-state index in [2.05, 4.69) is 10.6 Å². The first-order chi connectivity index (χ1) is 11.5. The van der Waals surface area contributed by atoms with E-state index >= 15 is 0 Å². The van der Waals surface area contributed by atoms with Crippen LogP contribution in [-0.4, -0.2) is 42.6 Å². The number of nitrogens with one attached hydrogen (secondary N) is 2. The summed E-state index contributed by atoms with van der Waals surface area (Å²) in [6.45, 7) is 5.73. The van der Waals surface area contributed by atoms with Gasteiger partial charge in [-0.25, -0.2) is 4.79 Å². The van der Waals surface area contributed by atoms with Crippen LogP contribution in [0.15, 0.2) is 24.3 Å². The number of hydrogen-bond donors (Lipinski definition) is 2. The molecule has 24 heavy (non-hydrogen) atoms. The van der Waals surface area contributed by atoms with E-state index < -0.39 is 0 Å². The smallest absolute Gasteiger partial charge is 0.318 e. The molecule has 0 aromatic heterocycles. The minimum Gasteiger partial charge on any atom is -0.377 e. The number of amides is 3. The predicted octanol–water partition coefficient (Wildman–Crippen LogP) is 2.53. The van der Waals surface area contributed by atoms with Crippen LogP contribution in [0.2, 0.25) is 0 Å². The van der Waals surface area contributed by atoms with Gasteiger partial charge in [0.2, 0.25) is 5.91 Å². The van der Waals surface area contributed by atoms with Crippen molar-refractivity contribution in [2.45, 2.75) is 38.8 Å². The van der Waals surface area contributed by atoms with Gasteiger partial charge in [0, 0.05) is 18.2 Å². The Morgan fingerprint density at radius 2 is 1.96 bits per heavy atom. The molecule has 1 saturated carbocycles. The fourth-order valence-electron chi connectivity index (χ4n) is 2.83. The Kier molecular flexibility index (Phi) is 5.04. The molecule has 1 heterocycles. The van der Waals surface area contributed by atoms with Crippen molar-refractivity contribution in [1.29, 1.82) is 0 Å². The van der Waals surface area contributed by atoms with Crippen LogP contribution < -0.4 is 10.6 Å². The van der Waals surface area contributed by atoms with E-state index in [0.717, 1.165) is 24.1 Å². The molecule has 0 radical (unpaired) electrons. The average Bonchev–Trinajstić information content (AvgIpc) is 3.40. The Morgan fingerprint density at radius 1 is 1.25 bits per heavy atom. The Hall–Kier alpha value is -2.08. The molecule has 3 rings (SSSR count). The number of nitrogens with zero attached hydrogens (tertiary/aromatic N) is 1. The number of benzene rings is 1. The second kappa shape index (κ2) is 7.21. The maximum Gasteiger partial charge on any atom is 0.318 e. The number of rotatable bonds is 4. The van der Waals surface area contributed by atoms with Crippen molar-refractivity contribution < 1.29 is 14.3 Å². The summed E-state index contributed by atoms with van der Waals surface area (Å²) in [4.78, 5) is 26.0. The van der Waals surface area contributed by atoms with E-state index in [9.17, 15) is 9.59 Å².